The van der Waals surface area contributed by atoms with Crippen molar-refractivity contribution in [1.29, 1.82) is 0 Å². The summed E-state index contributed by atoms with van der Waals surface area (Å²) >= 11 is 3.34. The van der Waals surface area contributed by atoms with Crippen molar-refractivity contribution in [3.63, 3.8) is 0 Å². The third-order valence-electron chi connectivity index (χ3n) is 6.30. The average molecular weight is 485 g/mol. The second-order valence-electron chi connectivity index (χ2n) is 8.87. The minimum atomic E-state index is -0.117. The summed E-state index contributed by atoms with van der Waals surface area (Å²) in [5.41, 5.74) is 1.40. The fraction of sp³-hybridized carbons (Fsp3) is 0.500. The number of aryl methyl sites for hydroxylation is 2. The van der Waals surface area contributed by atoms with Gasteiger partial charge in [-0.05, 0) is 43.4 Å². The number of thiophene rings is 1. The van der Waals surface area contributed by atoms with Crippen LogP contribution in [0, 0.1) is 0 Å². The van der Waals surface area contributed by atoms with Crippen LogP contribution in [0.1, 0.15) is 59.4 Å². The molecular weight excluding hydrogens is 456 g/mol. The fourth-order valence-electron chi connectivity index (χ4n) is 4.44. The molecule has 174 valence electrons. The number of thioether (sulfide) groups is 1. The second kappa shape index (κ2) is 9.46. The van der Waals surface area contributed by atoms with Gasteiger partial charge in [0, 0.05) is 42.4 Å². The first-order valence-electron chi connectivity index (χ1n) is 11.6. The van der Waals surface area contributed by atoms with Crippen molar-refractivity contribution in [2.45, 2.75) is 50.5 Å². The maximum atomic E-state index is 13.0. The van der Waals surface area contributed by atoms with Crippen LogP contribution in [0.2, 0.25) is 0 Å². The predicted octanol–water partition coefficient (Wildman–Crippen LogP) is 4.36. The van der Waals surface area contributed by atoms with Crippen LogP contribution in [-0.4, -0.2) is 63.5 Å². The summed E-state index contributed by atoms with van der Waals surface area (Å²) in [5, 5.41) is 2.12. The molecule has 0 spiro atoms. The number of rotatable bonds is 5. The first kappa shape index (κ1) is 22.4. The molecule has 7 nitrogen and oxygen atoms in total. The van der Waals surface area contributed by atoms with E-state index in [0.717, 1.165) is 28.5 Å². The Kier molecular flexibility index (Phi) is 6.42. The lowest BCUT2D eigenvalue weighted by Crippen LogP contribution is -2.51. The van der Waals surface area contributed by atoms with E-state index in [-0.39, 0.29) is 17.7 Å². The Balaban J connectivity index is 1.27. The van der Waals surface area contributed by atoms with Gasteiger partial charge in [0.15, 0.2) is 5.76 Å². The zero-order chi connectivity index (χ0) is 22.9. The molecule has 0 radical (unpaired) electrons. The Morgan fingerprint density at radius 2 is 1.88 bits per heavy atom. The zero-order valence-corrected chi connectivity index (χ0v) is 20.6. The summed E-state index contributed by atoms with van der Waals surface area (Å²) in [6.45, 7) is 6.33. The van der Waals surface area contributed by atoms with E-state index in [1.165, 1.54) is 46.7 Å². The Labute approximate surface area is 201 Å². The smallest absolute Gasteiger partial charge is 0.289 e. The molecule has 5 rings (SSSR count). The van der Waals surface area contributed by atoms with Crippen LogP contribution in [-0.2, 0) is 17.6 Å². The Morgan fingerprint density at radius 1 is 1.12 bits per heavy atom. The zero-order valence-electron chi connectivity index (χ0n) is 19.0. The molecule has 0 N–H and O–H groups in total. The van der Waals surface area contributed by atoms with Crippen molar-refractivity contribution < 1.29 is 14.0 Å². The molecule has 2 amide bonds. The summed E-state index contributed by atoms with van der Waals surface area (Å²) < 4.78 is 5.22. The molecule has 33 heavy (non-hydrogen) atoms. The van der Waals surface area contributed by atoms with Crippen molar-refractivity contribution >= 4 is 45.1 Å². The minimum absolute atomic E-state index is 0.0899. The van der Waals surface area contributed by atoms with Crippen LogP contribution >= 0.6 is 23.1 Å². The Morgan fingerprint density at radius 3 is 2.61 bits per heavy atom. The van der Waals surface area contributed by atoms with Crippen LogP contribution < -0.4 is 0 Å². The molecule has 0 atom stereocenters. The molecule has 0 aromatic carbocycles. The van der Waals surface area contributed by atoms with E-state index in [1.807, 2.05) is 4.90 Å². The summed E-state index contributed by atoms with van der Waals surface area (Å²) in [7, 11) is 0. The van der Waals surface area contributed by atoms with Crippen molar-refractivity contribution in [2.75, 3.05) is 31.9 Å². The summed E-state index contributed by atoms with van der Waals surface area (Å²) in [6, 6.07) is 3.39. The first-order valence-corrected chi connectivity index (χ1v) is 13.4. The number of amides is 2. The highest BCUT2D eigenvalue weighted by Crippen LogP contribution is 2.40. The summed E-state index contributed by atoms with van der Waals surface area (Å²) in [4.78, 5) is 41.3. The van der Waals surface area contributed by atoms with Gasteiger partial charge in [0.25, 0.3) is 5.91 Å². The van der Waals surface area contributed by atoms with Crippen LogP contribution in [0.5, 0.6) is 0 Å². The van der Waals surface area contributed by atoms with E-state index >= 15 is 0 Å². The Bertz CT molecular complexity index is 1160. The van der Waals surface area contributed by atoms with Gasteiger partial charge in [-0.3, -0.25) is 9.59 Å². The van der Waals surface area contributed by atoms with Gasteiger partial charge in [-0.1, -0.05) is 25.6 Å². The number of furan rings is 1. The van der Waals surface area contributed by atoms with Gasteiger partial charge < -0.3 is 14.2 Å². The van der Waals surface area contributed by atoms with Crippen molar-refractivity contribution in [3.8, 4) is 0 Å². The quantitative estimate of drug-likeness (QED) is 0.395. The molecule has 1 saturated heterocycles. The normalized spacial score (nSPS) is 16.5. The summed E-state index contributed by atoms with van der Waals surface area (Å²) in [5.74, 6) is 1.75. The summed E-state index contributed by atoms with van der Waals surface area (Å²) in [6.07, 6.45) is 6.14. The molecule has 9 heteroatoms. The number of carbonyl (C=O) groups is 2. The number of nitrogens with zero attached hydrogens (tertiary/aromatic N) is 4. The molecule has 3 aromatic rings. The third kappa shape index (κ3) is 4.53. The van der Waals surface area contributed by atoms with Crippen molar-refractivity contribution in [1.82, 2.24) is 19.8 Å². The van der Waals surface area contributed by atoms with Crippen LogP contribution in [0.4, 0.5) is 0 Å². The maximum absolute atomic E-state index is 13.0. The third-order valence-corrected chi connectivity index (χ3v) is 8.44. The fourth-order valence-corrected chi connectivity index (χ4v) is 6.74. The molecule has 0 saturated carbocycles. The van der Waals surface area contributed by atoms with Gasteiger partial charge >= 0.3 is 0 Å². The van der Waals surface area contributed by atoms with Gasteiger partial charge in [-0.25, -0.2) is 9.97 Å². The van der Waals surface area contributed by atoms with E-state index < -0.39 is 0 Å². The number of piperazine rings is 1. The van der Waals surface area contributed by atoms with E-state index in [4.69, 9.17) is 14.4 Å². The highest BCUT2D eigenvalue weighted by atomic mass is 32.2. The molecule has 1 aliphatic carbocycles. The van der Waals surface area contributed by atoms with Crippen LogP contribution in [0.3, 0.4) is 0 Å². The molecular formula is C24H28N4O3S2. The first-order chi connectivity index (χ1) is 16.0. The van der Waals surface area contributed by atoms with Gasteiger partial charge in [-0.2, -0.15) is 0 Å². The van der Waals surface area contributed by atoms with Gasteiger partial charge in [0.05, 0.1) is 12.0 Å². The highest BCUT2D eigenvalue weighted by molar-refractivity contribution is 8.00. The molecule has 1 fully saturated rings. The monoisotopic (exact) mass is 484 g/mol. The minimum Gasteiger partial charge on any atom is -0.459 e. The van der Waals surface area contributed by atoms with Gasteiger partial charge in [0.2, 0.25) is 5.91 Å². The molecule has 1 aliphatic heterocycles. The number of aromatic nitrogens is 2. The largest absolute Gasteiger partial charge is 0.459 e. The average Bonchev–Trinajstić information content (AvgIpc) is 3.50. The standard InChI is InChI=1S/C24H28N4O3S2/c1-15(2)21-25-22(20-16-6-3-4-8-18(16)33-23(20)26-21)32-14-19(29)27-9-11-28(12-10-27)24(30)17-7-5-13-31-17/h5,7,13,15H,3-4,6,8-12,14H2,1-2H3. The van der Waals surface area contributed by atoms with Crippen molar-refractivity contribution in [2.24, 2.45) is 0 Å². The van der Waals surface area contributed by atoms with Crippen LogP contribution in [0.15, 0.2) is 27.8 Å². The SMILES string of the molecule is CC(C)c1nc(SCC(=O)N2CCN(C(=O)c3ccco3)CC2)c2c3c(sc2n1)CCCC3. The molecule has 0 unspecified atom stereocenters. The maximum Gasteiger partial charge on any atom is 0.289 e. The lowest BCUT2D eigenvalue weighted by atomic mass is 9.97. The second-order valence-corrected chi connectivity index (χ2v) is 10.9. The topological polar surface area (TPSA) is 79.5 Å². The van der Waals surface area contributed by atoms with E-state index in [9.17, 15) is 9.59 Å². The van der Waals surface area contributed by atoms with E-state index in [0.29, 0.717) is 37.7 Å². The molecule has 2 aliphatic rings. The predicted molar refractivity (Wildman–Crippen MR) is 130 cm³/mol. The number of hydrogen-bond donors (Lipinski definition) is 0. The van der Waals surface area contributed by atoms with E-state index in [2.05, 4.69) is 13.8 Å². The lowest BCUT2D eigenvalue weighted by molar-refractivity contribution is -0.129. The molecule has 4 heterocycles. The molecule has 3 aromatic heterocycles. The van der Waals surface area contributed by atoms with Crippen LogP contribution in [0.25, 0.3) is 10.2 Å². The van der Waals surface area contributed by atoms with E-state index in [1.54, 1.807) is 28.4 Å². The van der Waals surface area contributed by atoms with Crippen molar-refractivity contribution in [3.05, 3.63) is 40.4 Å². The molecule has 0 bridgehead atoms. The number of hydrogen-bond acceptors (Lipinski definition) is 7. The Hall–Kier alpha value is -2.39. The van der Waals surface area contributed by atoms with Gasteiger partial charge in [-0.15, -0.1) is 11.3 Å². The number of carbonyl (C=O) groups excluding carboxylic acids is 2. The van der Waals surface area contributed by atoms with Gasteiger partial charge in [0.1, 0.15) is 15.7 Å². The number of fused-ring (bicyclic) bond motifs is 3. The lowest BCUT2D eigenvalue weighted by Gasteiger charge is -2.34. The highest BCUT2D eigenvalue weighted by Gasteiger charge is 2.27.